The summed E-state index contributed by atoms with van der Waals surface area (Å²) < 4.78 is 13.1. The van der Waals surface area contributed by atoms with Gasteiger partial charge in [-0.2, -0.15) is 0 Å². The highest BCUT2D eigenvalue weighted by Gasteiger charge is 2.22. The molecule has 0 saturated carbocycles. The molecule has 0 atom stereocenters. The maximum absolute atomic E-state index is 13.1. The maximum atomic E-state index is 13.1. The number of hydrogen-bond donors (Lipinski definition) is 0. The Morgan fingerprint density at radius 2 is 1.71 bits per heavy atom. The Kier molecular flexibility index (Phi) is 4.05. The van der Waals surface area contributed by atoms with Crippen LogP contribution in [0, 0.1) is 5.82 Å². The lowest BCUT2D eigenvalue weighted by Crippen LogP contribution is -2.46. The average molecular weight is 376 g/mol. The number of halogens is 1. The second-order valence-electron chi connectivity index (χ2n) is 6.91. The van der Waals surface area contributed by atoms with E-state index in [0.29, 0.717) is 29.1 Å². The number of hydrogen-bond acceptors (Lipinski definition) is 6. The first-order chi connectivity index (χ1) is 13.7. The van der Waals surface area contributed by atoms with E-state index in [4.69, 9.17) is 0 Å². The third-order valence-corrected chi connectivity index (χ3v) is 5.15. The molecular formula is C20H17FN6O. The van der Waals surface area contributed by atoms with Gasteiger partial charge in [-0.1, -0.05) is 6.07 Å². The van der Waals surface area contributed by atoms with Crippen molar-refractivity contribution in [1.29, 1.82) is 0 Å². The molecule has 8 heteroatoms. The van der Waals surface area contributed by atoms with Gasteiger partial charge in [0.05, 0.1) is 23.0 Å². The Hall–Kier alpha value is -3.26. The number of rotatable bonds is 3. The van der Waals surface area contributed by atoms with Gasteiger partial charge in [-0.15, -0.1) is 10.2 Å². The third kappa shape index (κ3) is 3.01. The van der Waals surface area contributed by atoms with Crippen molar-refractivity contribution < 1.29 is 9.18 Å². The molecule has 5 rings (SSSR count). The Bertz CT molecular complexity index is 1090. The summed E-state index contributed by atoms with van der Waals surface area (Å²) in [6, 6.07) is 12.0. The van der Waals surface area contributed by atoms with Crippen molar-refractivity contribution in [2.24, 2.45) is 10.2 Å². The molecule has 0 spiro atoms. The van der Waals surface area contributed by atoms with Gasteiger partial charge in [0, 0.05) is 31.9 Å². The summed E-state index contributed by atoms with van der Waals surface area (Å²) in [5.41, 5.74) is 2.25. The molecule has 0 aliphatic carbocycles. The minimum atomic E-state index is -0.355. The number of carbonyl (C=O) groups is 1. The Morgan fingerprint density at radius 3 is 2.50 bits per heavy atom. The van der Waals surface area contributed by atoms with E-state index >= 15 is 0 Å². The van der Waals surface area contributed by atoms with Crippen LogP contribution in [0.25, 0.3) is 10.9 Å². The highest BCUT2D eigenvalue weighted by atomic mass is 19.1. The quantitative estimate of drug-likeness (QED) is 0.701. The van der Waals surface area contributed by atoms with Crippen LogP contribution in [0.4, 0.5) is 15.9 Å². The van der Waals surface area contributed by atoms with Crippen molar-refractivity contribution in [2.75, 3.05) is 31.1 Å². The number of azo groups is 1. The summed E-state index contributed by atoms with van der Waals surface area (Å²) in [7, 11) is 0. The molecule has 1 fully saturated rings. The molecule has 28 heavy (non-hydrogen) atoms. The molecule has 0 unspecified atom stereocenters. The molecule has 3 heterocycles. The summed E-state index contributed by atoms with van der Waals surface area (Å²) in [6.45, 7) is 4.02. The first-order valence-corrected chi connectivity index (χ1v) is 9.16. The highest BCUT2D eigenvalue weighted by molar-refractivity contribution is 6.11. The average Bonchev–Trinajstić information content (AvgIpc) is 2.72. The summed E-state index contributed by atoms with van der Waals surface area (Å²) in [5.74, 6) is 0.552. The minimum absolute atomic E-state index is 0.221. The molecule has 1 saturated heterocycles. The van der Waals surface area contributed by atoms with E-state index in [2.05, 4.69) is 30.0 Å². The third-order valence-electron chi connectivity index (χ3n) is 5.15. The number of amides is 1. The zero-order valence-electron chi connectivity index (χ0n) is 15.0. The SMILES string of the molecule is O=C1N=Nc2nc(CN3CCN(c4ccc(F)cc4)CC3)nc3cccc1c23. The fourth-order valence-electron chi connectivity index (χ4n) is 3.69. The molecule has 0 bridgehead atoms. The van der Waals surface area contributed by atoms with Crippen molar-refractivity contribution in [3.05, 3.63) is 59.7 Å². The topological polar surface area (TPSA) is 74.1 Å². The van der Waals surface area contributed by atoms with E-state index in [0.717, 1.165) is 37.4 Å². The van der Waals surface area contributed by atoms with E-state index in [-0.39, 0.29) is 11.7 Å². The molecule has 2 aromatic carbocycles. The van der Waals surface area contributed by atoms with Gasteiger partial charge in [-0.3, -0.25) is 9.69 Å². The molecule has 2 aliphatic heterocycles. The monoisotopic (exact) mass is 376 g/mol. The number of benzene rings is 2. The zero-order chi connectivity index (χ0) is 19.1. The fraction of sp³-hybridized carbons (Fsp3) is 0.250. The molecule has 1 amide bonds. The second kappa shape index (κ2) is 6.72. The standard InChI is InChI=1S/C20H17FN6O/c21-13-4-6-14(7-5-13)27-10-8-26(9-11-27)12-17-22-16-3-1-2-15-18(16)19(23-17)24-25-20(15)28/h1-7H,8-12H2. The summed E-state index contributed by atoms with van der Waals surface area (Å²) in [4.78, 5) is 25.6. The number of nitrogens with zero attached hydrogens (tertiary/aromatic N) is 6. The van der Waals surface area contributed by atoms with Gasteiger partial charge in [0.2, 0.25) is 0 Å². The maximum Gasteiger partial charge on any atom is 0.296 e. The number of aromatic nitrogens is 2. The smallest absolute Gasteiger partial charge is 0.296 e. The molecule has 3 aromatic rings. The van der Waals surface area contributed by atoms with Gasteiger partial charge < -0.3 is 4.90 Å². The summed E-state index contributed by atoms with van der Waals surface area (Å²) in [6.07, 6.45) is 0. The molecule has 7 nitrogen and oxygen atoms in total. The number of anilines is 1. The van der Waals surface area contributed by atoms with Crippen molar-refractivity contribution >= 4 is 28.3 Å². The Labute approximate surface area is 160 Å². The molecule has 140 valence electrons. The van der Waals surface area contributed by atoms with Gasteiger partial charge in [-0.05, 0) is 36.4 Å². The lowest BCUT2D eigenvalue weighted by atomic mass is 10.1. The molecule has 2 aliphatic rings. The molecule has 0 N–H and O–H groups in total. The van der Waals surface area contributed by atoms with Crippen LogP contribution >= 0.6 is 0 Å². The van der Waals surface area contributed by atoms with E-state index in [9.17, 15) is 9.18 Å². The fourth-order valence-corrected chi connectivity index (χ4v) is 3.69. The largest absolute Gasteiger partial charge is 0.369 e. The predicted molar refractivity (Wildman–Crippen MR) is 102 cm³/mol. The van der Waals surface area contributed by atoms with Crippen molar-refractivity contribution in [3.8, 4) is 0 Å². The second-order valence-corrected chi connectivity index (χ2v) is 6.91. The Balaban J connectivity index is 1.32. The minimum Gasteiger partial charge on any atom is -0.369 e. The first-order valence-electron chi connectivity index (χ1n) is 9.16. The zero-order valence-corrected chi connectivity index (χ0v) is 15.0. The van der Waals surface area contributed by atoms with E-state index < -0.39 is 0 Å². The van der Waals surface area contributed by atoms with Gasteiger partial charge in [-0.25, -0.2) is 14.4 Å². The van der Waals surface area contributed by atoms with Crippen LogP contribution in [0.1, 0.15) is 16.2 Å². The van der Waals surface area contributed by atoms with Crippen LogP contribution in [0.15, 0.2) is 52.7 Å². The van der Waals surface area contributed by atoms with Crippen LogP contribution in [-0.4, -0.2) is 47.0 Å². The van der Waals surface area contributed by atoms with Gasteiger partial charge >= 0.3 is 0 Å². The lowest BCUT2D eigenvalue weighted by molar-refractivity contribution is 0.0995. The van der Waals surface area contributed by atoms with Crippen molar-refractivity contribution in [2.45, 2.75) is 6.54 Å². The van der Waals surface area contributed by atoms with Crippen LogP contribution in [0.2, 0.25) is 0 Å². The van der Waals surface area contributed by atoms with Crippen LogP contribution < -0.4 is 4.90 Å². The molecule has 1 aromatic heterocycles. The predicted octanol–water partition coefficient (Wildman–Crippen LogP) is 3.33. The first kappa shape index (κ1) is 16.9. The molecular weight excluding hydrogens is 359 g/mol. The highest BCUT2D eigenvalue weighted by Crippen LogP contribution is 2.31. The van der Waals surface area contributed by atoms with Crippen LogP contribution in [0.3, 0.4) is 0 Å². The number of piperazine rings is 1. The van der Waals surface area contributed by atoms with E-state index in [1.165, 1.54) is 12.1 Å². The van der Waals surface area contributed by atoms with E-state index in [1.807, 2.05) is 18.2 Å². The number of carbonyl (C=O) groups excluding carboxylic acids is 1. The molecule has 0 radical (unpaired) electrons. The van der Waals surface area contributed by atoms with Crippen molar-refractivity contribution in [1.82, 2.24) is 14.9 Å². The van der Waals surface area contributed by atoms with E-state index in [1.54, 1.807) is 12.1 Å². The normalized spacial score (nSPS) is 16.8. The lowest BCUT2D eigenvalue weighted by Gasteiger charge is -2.35. The van der Waals surface area contributed by atoms with Crippen LogP contribution in [-0.2, 0) is 6.54 Å². The summed E-state index contributed by atoms with van der Waals surface area (Å²) >= 11 is 0. The van der Waals surface area contributed by atoms with Gasteiger partial charge in [0.15, 0.2) is 5.82 Å². The van der Waals surface area contributed by atoms with Gasteiger partial charge in [0.1, 0.15) is 11.6 Å². The van der Waals surface area contributed by atoms with Crippen LogP contribution in [0.5, 0.6) is 0 Å². The van der Waals surface area contributed by atoms with Gasteiger partial charge in [0.25, 0.3) is 5.91 Å². The van der Waals surface area contributed by atoms with Crippen molar-refractivity contribution in [3.63, 3.8) is 0 Å². The Morgan fingerprint density at radius 1 is 0.929 bits per heavy atom. The summed E-state index contributed by atoms with van der Waals surface area (Å²) in [5, 5.41) is 8.33.